The number of carboxylic acids is 1. The van der Waals surface area contributed by atoms with Gasteiger partial charge in [-0.1, -0.05) is 6.92 Å². The average Bonchev–Trinajstić information content (AvgIpc) is 2.94. The van der Waals surface area contributed by atoms with Crippen molar-refractivity contribution >= 4 is 11.9 Å². The fourth-order valence-corrected chi connectivity index (χ4v) is 1.42. The quantitative estimate of drug-likeness (QED) is 0.678. The highest BCUT2D eigenvalue weighted by Crippen LogP contribution is 2.47. The van der Waals surface area contributed by atoms with Gasteiger partial charge in [0.15, 0.2) is 0 Å². The third-order valence-electron chi connectivity index (χ3n) is 3.43. The number of rotatable bonds is 5. The predicted octanol–water partition coefficient (Wildman–Crippen LogP) is 1.40. The first-order valence-electron chi connectivity index (χ1n) is 5.36. The van der Waals surface area contributed by atoms with Gasteiger partial charge in [0.25, 0.3) is 0 Å². The fraction of sp³-hybridized carbons (Fsp3) is 0.818. The normalized spacial score (nSPS) is 18.3. The van der Waals surface area contributed by atoms with E-state index in [2.05, 4.69) is 12.2 Å². The van der Waals surface area contributed by atoms with Crippen LogP contribution in [0.1, 0.15) is 40.0 Å². The van der Waals surface area contributed by atoms with E-state index in [1.165, 1.54) is 13.8 Å². The Morgan fingerprint density at radius 2 is 1.93 bits per heavy atom. The van der Waals surface area contributed by atoms with Crippen LogP contribution in [0.4, 0.5) is 0 Å². The molecule has 0 radical (unpaired) electrons. The van der Waals surface area contributed by atoms with E-state index in [0.29, 0.717) is 6.54 Å². The minimum absolute atomic E-state index is 0.254. The molecule has 0 saturated heterocycles. The van der Waals surface area contributed by atoms with Gasteiger partial charge in [0.1, 0.15) is 5.41 Å². The van der Waals surface area contributed by atoms with Gasteiger partial charge in [-0.25, -0.2) is 0 Å². The molecule has 2 N–H and O–H groups in total. The van der Waals surface area contributed by atoms with Gasteiger partial charge in [-0.15, -0.1) is 0 Å². The monoisotopic (exact) mass is 213 g/mol. The van der Waals surface area contributed by atoms with E-state index in [4.69, 9.17) is 5.11 Å². The Bertz CT molecular complexity index is 280. The van der Waals surface area contributed by atoms with E-state index in [-0.39, 0.29) is 5.41 Å². The summed E-state index contributed by atoms with van der Waals surface area (Å²) in [4.78, 5) is 22.4. The van der Waals surface area contributed by atoms with Crippen LogP contribution in [0.25, 0.3) is 0 Å². The van der Waals surface area contributed by atoms with Crippen LogP contribution in [0, 0.1) is 10.8 Å². The molecule has 0 aromatic rings. The zero-order chi connectivity index (χ0) is 11.7. The lowest BCUT2D eigenvalue weighted by atomic mass is 9.92. The topological polar surface area (TPSA) is 66.4 Å². The summed E-state index contributed by atoms with van der Waals surface area (Å²) in [5.74, 6) is -1.48. The lowest BCUT2D eigenvalue weighted by molar-refractivity contribution is -0.153. The molecule has 1 fully saturated rings. The Morgan fingerprint density at radius 3 is 2.27 bits per heavy atom. The molecular formula is C11H19NO3. The Hall–Kier alpha value is -1.06. The number of amides is 1. The number of hydrogen-bond acceptors (Lipinski definition) is 2. The second-order valence-corrected chi connectivity index (χ2v) is 4.97. The number of carbonyl (C=O) groups excluding carboxylic acids is 1. The molecule has 0 atom stereocenters. The summed E-state index contributed by atoms with van der Waals surface area (Å²) < 4.78 is 0. The molecule has 15 heavy (non-hydrogen) atoms. The van der Waals surface area contributed by atoms with Gasteiger partial charge in [-0.3, -0.25) is 9.59 Å². The molecule has 1 rings (SSSR count). The second-order valence-electron chi connectivity index (χ2n) is 4.97. The lowest BCUT2D eigenvalue weighted by Crippen LogP contribution is -2.44. The fourth-order valence-electron chi connectivity index (χ4n) is 1.42. The third kappa shape index (κ3) is 2.49. The SMILES string of the molecule is CCC1(CNC(=O)C(C)(C)C(=O)O)CC1. The second kappa shape index (κ2) is 3.83. The molecule has 4 heteroatoms. The summed E-state index contributed by atoms with van der Waals surface area (Å²) >= 11 is 0. The number of hydrogen-bond donors (Lipinski definition) is 2. The van der Waals surface area contributed by atoms with Crippen LogP contribution >= 0.6 is 0 Å². The summed E-state index contributed by atoms with van der Waals surface area (Å²) in [6, 6.07) is 0. The minimum atomic E-state index is -1.33. The first kappa shape index (κ1) is 12.0. The van der Waals surface area contributed by atoms with E-state index in [1.54, 1.807) is 0 Å². The highest BCUT2D eigenvalue weighted by atomic mass is 16.4. The maximum atomic E-state index is 11.6. The van der Waals surface area contributed by atoms with Crippen LogP contribution < -0.4 is 5.32 Å². The molecule has 0 heterocycles. The van der Waals surface area contributed by atoms with Crippen molar-refractivity contribution in [1.29, 1.82) is 0 Å². The van der Waals surface area contributed by atoms with Crippen LogP contribution in [0.15, 0.2) is 0 Å². The Labute approximate surface area is 90.0 Å². The molecule has 1 aliphatic rings. The number of aliphatic carboxylic acids is 1. The van der Waals surface area contributed by atoms with Gasteiger partial charge in [0.05, 0.1) is 0 Å². The molecule has 0 aromatic heterocycles. The highest BCUT2D eigenvalue weighted by molar-refractivity contribution is 6.00. The van der Waals surface area contributed by atoms with Crippen molar-refractivity contribution in [2.45, 2.75) is 40.0 Å². The third-order valence-corrected chi connectivity index (χ3v) is 3.43. The zero-order valence-electron chi connectivity index (χ0n) is 9.59. The molecule has 0 aromatic carbocycles. The van der Waals surface area contributed by atoms with Crippen molar-refractivity contribution < 1.29 is 14.7 Å². The smallest absolute Gasteiger partial charge is 0.318 e. The van der Waals surface area contributed by atoms with Crippen LogP contribution in [0.2, 0.25) is 0 Å². The molecule has 0 aliphatic heterocycles. The molecule has 0 spiro atoms. The maximum Gasteiger partial charge on any atom is 0.318 e. The van der Waals surface area contributed by atoms with Crippen LogP contribution in [0.3, 0.4) is 0 Å². The number of nitrogens with one attached hydrogen (secondary N) is 1. The minimum Gasteiger partial charge on any atom is -0.480 e. The van der Waals surface area contributed by atoms with Gasteiger partial charge in [-0.05, 0) is 38.5 Å². The van der Waals surface area contributed by atoms with Crippen molar-refractivity contribution in [2.24, 2.45) is 10.8 Å². The average molecular weight is 213 g/mol. The zero-order valence-corrected chi connectivity index (χ0v) is 9.59. The van der Waals surface area contributed by atoms with Crippen molar-refractivity contribution in [3.8, 4) is 0 Å². The molecule has 0 unspecified atom stereocenters. The maximum absolute atomic E-state index is 11.6. The van der Waals surface area contributed by atoms with Crippen molar-refractivity contribution in [1.82, 2.24) is 5.32 Å². The van der Waals surface area contributed by atoms with E-state index in [1.807, 2.05) is 0 Å². The molecule has 1 saturated carbocycles. The van der Waals surface area contributed by atoms with E-state index in [9.17, 15) is 9.59 Å². The highest BCUT2D eigenvalue weighted by Gasteiger charge is 2.43. The Morgan fingerprint density at radius 1 is 1.40 bits per heavy atom. The Kier molecular flexibility index (Phi) is 3.07. The van der Waals surface area contributed by atoms with Gasteiger partial charge in [-0.2, -0.15) is 0 Å². The lowest BCUT2D eigenvalue weighted by Gasteiger charge is -2.21. The molecule has 86 valence electrons. The van der Waals surface area contributed by atoms with Crippen molar-refractivity contribution in [3.05, 3.63) is 0 Å². The molecule has 1 amide bonds. The molecule has 4 nitrogen and oxygen atoms in total. The largest absolute Gasteiger partial charge is 0.480 e. The van der Waals surface area contributed by atoms with Gasteiger partial charge in [0, 0.05) is 6.54 Å². The van der Waals surface area contributed by atoms with Crippen LogP contribution in [-0.4, -0.2) is 23.5 Å². The standard InChI is InChI=1S/C11H19NO3/c1-4-11(5-6-11)7-12-8(13)10(2,3)9(14)15/h4-7H2,1-3H3,(H,12,13)(H,14,15). The van der Waals surface area contributed by atoms with Gasteiger partial charge < -0.3 is 10.4 Å². The number of carbonyl (C=O) groups is 2. The van der Waals surface area contributed by atoms with Crippen LogP contribution in [0.5, 0.6) is 0 Å². The summed E-state index contributed by atoms with van der Waals surface area (Å²) in [5.41, 5.74) is -1.08. The van der Waals surface area contributed by atoms with Crippen molar-refractivity contribution in [3.63, 3.8) is 0 Å². The molecular weight excluding hydrogens is 194 g/mol. The summed E-state index contributed by atoms with van der Waals surface area (Å²) in [5, 5.41) is 11.6. The summed E-state index contributed by atoms with van der Waals surface area (Å²) in [6.45, 7) is 5.56. The molecule has 1 aliphatic carbocycles. The predicted molar refractivity (Wildman–Crippen MR) is 56.4 cm³/mol. The Balaban J connectivity index is 2.46. The van der Waals surface area contributed by atoms with Gasteiger partial charge >= 0.3 is 5.97 Å². The van der Waals surface area contributed by atoms with Gasteiger partial charge in [0.2, 0.25) is 5.91 Å². The van der Waals surface area contributed by atoms with E-state index in [0.717, 1.165) is 19.3 Å². The van der Waals surface area contributed by atoms with E-state index >= 15 is 0 Å². The first-order chi connectivity index (χ1) is 6.84. The number of carboxylic acid groups (broad SMARTS) is 1. The summed E-state index contributed by atoms with van der Waals surface area (Å²) in [7, 11) is 0. The first-order valence-corrected chi connectivity index (χ1v) is 5.36. The summed E-state index contributed by atoms with van der Waals surface area (Å²) in [6.07, 6.45) is 3.31. The van der Waals surface area contributed by atoms with Crippen molar-refractivity contribution in [2.75, 3.05) is 6.54 Å². The van der Waals surface area contributed by atoms with E-state index < -0.39 is 17.3 Å². The molecule has 0 bridgehead atoms. The van der Waals surface area contributed by atoms with Crippen LogP contribution in [-0.2, 0) is 9.59 Å².